The second kappa shape index (κ2) is 12.7. The molecule has 2 aliphatic heterocycles. The summed E-state index contributed by atoms with van der Waals surface area (Å²) in [6.07, 6.45) is 2.44. The van der Waals surface area contributed by atoms with E-state index in [1.54, 1.807) is 30.3 Å². The van der Waals surface area contributed by atoms with E-state index in [1.165, 1.54) is 4.90 Å². The fourth-order valence-electron chi connectivity index (χ4n) is 8.98. The SMILES string of the molecule is CCOc1cccc(C2C3=CCC4C(=O)N(c5ccc(I)cc5)C(=O)C4C3CC3C(=O)N(Nc4ccc(C)cc4)C(=O)C32c2ccccc2)c1O. The highest BCUT2D eigenvalue weighted by Gasteiger charge is 2.70. The molecule has 0 radical (unpaired) electrons. The van der Waals surface area contributed by atoms with Crippen molar-refractivity contribution in [2.45, 2.75) is 38.0 Å². The lowest BCUT2D eigenvalue weighted by atomic mass is 9.49. The Morgan fingerprint density at radius 1 is 0.863 bits per heavy atom. The van der Waals surface area contributed by atoms with Crippen LogP contribution >= 0.6 is 22.6 Å². The maximum absolute atomic E-state index is 15.3. The van der Waals surface area contributed by atoms with Gasteiger partial charge in [-0.05, 0) is 103 Å². The summed E-state index contributed by atoms with van der Waals surface area (Å²) in [5.41, 5.74) is 5.55. The highest BCUT2D eigenvalue weighted by atomic mass is 127. The molecule has 258 valence electrons. The molecule has 4 aromatic rings. The van der Waals surface area contributed by atoms with Gasteiger partial charge in [0.1, 0.15) is 0 Å². The van der Waals surface area contributed by atoms with Crippen molar-refractivity contribution in [3.63, 3.8) is 0 Å². The predicted octanol–water partition coefficient (Wildman–Crippen LogP) is 6.89. The number of amides is 4. The second-order valence-corrected chi connectivity index (χ2v) is 15.0. The minimum atomic E-state index is -1.49. The molecule has 3 fully saturated rings. The molecule has 51 heavy (non-hydrogen) atoms. The smallest absolute Gasteiger partial charge is 0.260 e. The van der Waals surface area contributed by atoms with Crippen LogP contribution in [0, 0.1) is 34.2 Å². The molecule has 0 aromatic heterocycles. The van der Waals surface area contributed by atoms with Gasteiger partial charge in [0.2, 0.25) is 11.8 Å². The number of phenols is 1. The zero-order valence-electron chi connectivity index (χ0n) is 28.1. The topological polar surface area (TPSA) is 116 Å². The number of aromatic hydroxyl groups is 1. The molecule has 1 saturated carbocycles. The van der Waals surface area contributed by atoms with Crippen LogP contribution in [-0.2, 0) is 24.6 Å². The molecule has 2 saturated heterocycles. The molecule has 6 unspecified atom stereocenters. The molecule has 4 amide bonds. The van der Waals surface area contributed by atoms with Gasteiger partial charge in [-0.1, -0.05) is 71.8 Å². The van der Waals surface area contributed by atoms with Gasteiger partial charge in [0, 0.05) is 15.1 Å². The number of fused-ring (bicyclic) bond motifs is 4. The molecule has 10 heteroatoms. The summed E-state index contributed by atoms with van der Waals surface area (Å²) in [6, 6.07) is 29.2. The number of imide groups is 2. The normalized spacial score (nSPS) is 26.8. The molecule has 0 bridgehead atoms. The van der Waals surface area contributed by atoms with Gasteiger partial charge in [0.25, 0.3) is 11.8 Å². The number of carbonyl (C=O) groups excluding carboxylic acids is 4. The maximum atomic E-state index is 15.3. The van der Waals surface area contributed by atoms with E-state index in [9.17, 15) is 19.5 Å². The van der Waals surface area contributed by atoms with Gasteiger partial charge in [-0.3, -0.25) is 29.5 Å². The third kappa shape index (κ3) is 5.01. The Kier molecular flexibility index (Phi) is 8.24. The van der Waals surface area contributed by atoms with Crippen LogP contribution in [-0.4, -0.2) is 40.4 Å². The van der Waals surface area contributed by atoms with E-state index in [2.05, 4.69) is 28.0 Å². The summed E-state index contributed by atoms with van der Waals surface area (Å²) in [7, 11) is 0. The average Bonchev–Trinajstić information content (AvgIpc) is 3.52. The van der Waals surface area contributed by atoms with Crippen LogP contribution in [0.25, 0.3) is 0 Å². The van der Waals surface area contributed by atoms with E-state index in [4.69, 9.17) is 4.74 Å². The highest BCUT2D eigenvalue weighted by Crippen LogP contribution is 2.65. The fourth-order valence-corrected chi connectivity index (χ4v) is 9.34. The summed E-state index contributed by atoms with van der Waals surface area (Å²) in [5, 5.41) is 13.0. The lowest BCUT2D eigenvalue weighted by Gasteiger charge is -2.50. The monoisotopic (exact) mass is 793 g/mol. The van der Waals surface area contributed by atoms with Gasteiger partial charge < -0.3 is 9.84 Å². The Hall–Kier alpha value is -4.97. The number of carbonyl (C=O) groups is 4. The van der Waals surface area contributed by atoms with Crippen molar-refractivity contribution in [1.29, 1.82) is 0 Å². The minimum Gasteiger partial charge on any atom is -0.504 e. The quantitative estimate of drug-likeness (QED) is 0.119. The van der Waals surface area contributed by atoms with Gasteiger partial charge >= 0.3 is 0 Å². The van der Waals surface area contributed by atoms with E-state index < -0.39 is 46.8 Å². The van der Waals surface area contributed by atoms with E-state index >= 15 is 4.79 Å². The first-order chi connectivity index (χ1) is 24.7. The number of rotatable bonds is 7. The molecule has 2 N–H and O–H groups in total. The van der Waals surface area contributed by atoms with Crippen LogP contribution in [0.1, 0.15) is 42.4 Å². The molecular weight excluding hydrogens is 757 g/mol. The molecule has 2 aliphatic carbocycles. The van der Waals surface area contributed by atoms with Crippen LogP contribution in [0.4, 0.5) is 11.4 Å². The van der Waals surface area contributed by atoms with Crippen molar-refractivity contribution in [3.05, 3.63) is 129 Å². The predicted molar refractivity (Wildman–Crippen MR) is 200 cm³/mol. The molecule has 6 atom stereocenters. The molecule has 8 rings (SSSR count). The zero-order valence-corrected chi connectivity index (χ0v) is 30.2. The number of halogens is 1. The number of aryl methyl sites for hydroxylation is 1. The van der Waals surface area contributed by atoms with Gasteiger partial charge in [-0.25, -0.2) is 0 Å². The third-order valence-corrected chi connectivity index (χ3v) is 11.8. The minimum absolute atomic E-state index is 0.124. The zero-order chi connectivity index (χ0) is 35.6. The van der Waals surface area contributed by atoms with E-state index in [1.807, 2.05) is 86.7 Å². The number of anilines is 2. The number of benzene rings is 4. The highest BCUT2D eigenvalue weighted by molar-refractivity contribution is 14.1. The number of phenolic OH excluding ortho intramolecular Hbond substituents is 1. The van der Waals surface area contributed by atoms with Crippen LogP contribution in [0.2, 0.25) is 0 Å². The van der Waals surface area contributed by atoms with Gasteiger partial charge in [0.05, 0.1) is 41.2 Å². The first-order valence-electron chi connectivity index (χ1n) is 17.2. The van der Waals surface area contributed by atoms with E-state index in [0.29, 0.717) is 29.1 Å². The first-order valence-corrected chi connectivity index (χ1v) is 18.3. The van der Waals surface area contributed by atoms with Crippen LogP contribution < -0.4 is 15.1 Å². The molecular formula is C41H36IN3O6. The Morgan fingerprint density at radius 3 is 2.29 bits per heavy atom. The average molecular weight is 794 g/mol. The summed E-state index contributed by atoms with van der Waals surface area (Å²) >= 11 is 2.18. The number of hydrazine groups is 1. The molecule has 4 aromatic carbocycles. The van der Waals surface area contributed by atoms with Crippen LogP contribution in [0.5, 0.6) is 11.5 Å². The standard InChI is InChI=1S/C41H36IN3O6/c1-3-51-33-11-7-10-30(36(33)46)35-28-20-21-29-34(39(49)44(37(29)47)27-18-14-25(42)15-19-27)31(28)22-32-38(48)45(43-26-16-12-23(2)13-17-26)40(50)41(32,35)24-8-5-4-6-9-24/h4-20,29,31-32,34-35,43,46H,3,21-22H2,1-2H3. The maximum Gasteiger partial charge on any atom is 0.260 e. The Labute approximate surface area is 309 Å². The van der Waals surface area contributed by atoms with Crippen molar-refractivity contribution in [2.75, 3.05) is 16.9 Å². The Morgan fingerprint density at radius 2 is 1.59 bits per heavy atom. The molecule has 4 aliphatic rings. The molecule has 0 spiro atoms. The largest absolute Gasteiger partial charge is 0.504 e. The van der Waals surface area contributed by atoms with E-state index in [-0.39, 0.29) is 36.2 Å². The number of hydrogen-bond acceptors (Lipinski definition) is 7. The van der Waals surface area contributed by atoms with Gasteiger partial charge in [-0.2, -0.15) is 5.01 Å². The van der Waals surface area contributed by atoms with Crippen molar-refractivity contribution >= 4 is 57.6 Å². The van der Waals surface area contributed by atoms with Gasteiger partial charge in [-0.15, -0.1) is 0 Å². The number of para-hydroxylation sites is 1. The van der Waals surface area contributed by atoms with Gasteiger partial charge in [0.15, 0.2) is 11.5 Å². The molecule has 9 nitrogen and oxygen atoms in total. The fraction of sp³-hybridized carbons (Fsp3) is 0.268. The van der Waals surface area contributed by atoms with Crippen molar-refractivity contribution in [3.8, 4) is 11.5 Å². The number of nitrogens with zero attached hydrogens (tertiary/aromatic N) is 2. The lowest BCUT2D eigenvalue weighted by Crippen LogP contribution is -2.53. The first kappa shape index (κ1) is 33.2. The van der Waals surface area contributed by atoms with E-state index in [0.717, 1.165) is 19.7 Å². The summed E-state index contributed by atoms with van der Waals surface area (Å²) in [6.45, 7) is 4.09. The summed E-state index contributed by atoms with van der Waals surface area (Å²) < 4.78 is 6.81. The molecule has 2 heterocycles. The Balaban J connectivity index is 1.33. The van der Waals surface area contributed by atoms with Crippen molar-refractivity contribution in [2.24, 2.45) is 23.7 Å². The number of hydrogen-bond donors (Lipinski definition) is 2. The number of nitrogens with one attached hydrogen (secondary N) is 1. The number of allylic oxidation sites excluding steroid dienone is 2. The summed E-state index contributed by atoms with van der Waals surface area (Å²) in [4.78, 5) is 59.9. The van der Waals surface area contributed by atoms with Crippen LogP contribution in [0.3, 0.4) is 0 Å². The van der Waals surface area contributed by atoms with Crippen molar-refractivity contribution < 1.29 is 29.0 Å². The Bertz CT molecular complexity index is 2100. The summed E-state index contributed by atoms with van der Waals surface area (Å²) in [5.74, 6) is -5.03. The third-order valence-electron chi connectivity index (χ3n) is 11.1. The lowest BCUT2D eigenvalue weighted by molar-refractivity contribution is -0.138. The van der Waals surface area contributed by atoms with Crippen LogP contribution in [0.15, 0.2) is 109 Å². The number of ether oxygens (including phenoxy) is 1. The van der Waals surface area contributed by atoms with Crippen molar-refractivity contribution in [1.82, 2.24) is 5.01 Å². The second-order valence-electron chi connectivity index (χ2n) is 13.7.